The maximum atomic E-state index is 5.17. The van der Waals surface area contributed by atoms with Crippen LogP contribution in [0.25, 0.3) is 0 Å². The molecular weight excluding hydrogens is 290 g/mol. The minimum absolute atomic E-state index is 0.614. The van der Waals surface area contributed by atoms with Gasteiger partial charge in [-0.15, -0.1) is 0 Å². The molecule has 2 aromatic rings. The van der Waals surface area contributed by atoms with Crippen molar-refractivity contribution in [1.29, 1.82) is 0 Å². The largest absolute Gasteiger partial charge is 0.481 e. The van der Waals surface area contributed by atoms with Crippen LogP contribution in [0.3, 0.4) is 0 Å². The number of aryl methyl sites for hydroxylation is 1. The topological polar surface area (TPSA) is 54.4 Å². The highest BCUT2D eigenvalue weighted by molar-refractivity contribution is 5.41. The van der Waals surface area contributed by atoms with E-state index in [-0.39, 0.29) is 0 Å². The van der Waals surface area contributed by atoms with Gasteiger partial charge < -0.3 is 9.64 Å². The van der Waals surface area contributed by atoms with Gasteiger partial charge >= 0.3 is 0 Å². The number of aromatic nitrogens is 3. The molecule has 0 amide bonds. The summed E-state index contributed by atoms with van der Waals surface area (Å²) in [6.45, 7) is 7.12. The molecule has 3 rings (SSSR count). The molecule has 23 heavy (non-hydrogen) atoms. The smallest absolute Gasteiger partial charge is 0.218 e. The summed E-state index contributed by atoms with van der Waals surface area (Å²) in [6.07, 6.45) is 2.56. The SMILES string of the molecule is COc1cc(N2CCN(CCc3cccc(C)n3)CC2)ncn1. The van der Waals surface area contributed by atoms with E-state index in [2.05, 4.69) is 36.9 Å². The lowest BCUT2D eigenvalue weighted by Crippen LogP contribution is -2.47. The van der Waals surface area contributed by atoms with Crippen molar-refractivity contribution in [3.63, 3.8) is 0 Å². The van der Waals surface area contributed by atoms with Crippen molar-refractivity contribution in [2.75, 3.05) is 44.7 Å². The van der Waals surface area contributed by atoms with Gasteiger partial charge in [0, 0.05) is 56.6 Å². The predicted molar refractivity (Wildman–Crippen MR) is 89.9 cm³/mol. The lowest BCUT2D eigenvalue weighted by atomic mass is 10.2. The number of hydrogen-bond donors (Lipinski definition) is 0. The second kappa shape index (κ2) is 7.37. The third-order valence-electron chi connectivity index (χ3n) is 4.16. The van der Waals surface area contributed by atoms with E-state index >= 15 is 0 Å². The molecule has 6 nitrogen and oxygen atoms in total. The van der Waals surface area contributed by atoms with Gasteiger partial charge in [-0.1, -0.05) is 6.07 Å². The van der Waals surface area contributed by atoms with E-state index in [1.165, 1.54) is 5.69 Å². The summed E-state index contributed by atoms with van der Waals surface area (Å²) < 4.78 is 5.17. The lowest BCUT2D eigenvalue weighted by Gasteiger charge is -2.35. The molecule has 0 N–H and O–H groups in total. The molecule has 1 aliphatic rings. The van der Waals surface area contributed by atoms with Gasteiger partial charge in [-0.25, -0.2) is 9.97 Å². The number of methoxy groups -OCH3 is 1. The first-order chi connectivity index (χ1) is 11.2. The third kappa shape index (κ3) is 4.16. The first kappa shape index (κ1) is 15.7. The van der Waals surface area contributed by atoms with E-state index in [1.54, 1.807) is 13.4 Å². The van der Waals surface area contributed by atoms with Crippen LogP contribution in [-0.2, 0) is 6.42 Å². The molecule has 0 unspecified atom stereocenters. The molecule has 0 saturated carbocycles. The van der Waals surface area contributed by atoms with Crippen molar-refractivity contribution in [2.45, 2.75) is 13.3 Å². The van der Waals surface area contributed by atoms with Gasteiger partial charge in [0.05, 0.1) is 7.11 Å². The predicted octanol–water partition coefficient (Wildman–Crippen LogP) is 1.55. The minimum atomic E-state index is 0.614. The summed E-state index contributed by atoms with van der Waals surface area (Å²) in [7, 11) is 1.63. The number of hydrogen-bond acceptors (Lipinski definition) is 6. The van der Waals surface area contributed by atoms with E-state index in [1.807, 2.05) is 19.1 Å². The molecule has 2 aromatic heterocycles. The molecule has 1 aliphatic heterocycles. The molecular formula is C17H23N5O. The fourth-order valence-electron chi connectivity index (χ4n) is 2.83. The van der Waals surface area contributed by atoms with E-state index in [9.17, 15) is 0 Å². The van der Waals surface area contributed by atoms with Crippen LogP contribution < -0.4 is 9.64 Å². The van der Waals surface area contributed by atoms with Crippen LogP contribution in [0.4, 0.5) is 5.82 Å². The van der Waals surface area contributed by atoms with Gasteiger partial charge in [0.2, 0.25) is 5.88 Å². The average molecular weight is 313 g/mol. The van der Waals surface area contributed by atoms with Gasteiger partial charge in [-0.05, 0) is 19.1 Å². The second-order valence-electron chi connectivity index (χ2n) is 5.77. The molecule has 0 spiro atoms. The lowest BCUT2D eigenvalue weighted by molar-refractivity contribution is 0.259. The Balaban J connectivity index is 1.50. The molecule has 6 heteroatoms. The molecule has 3 heterocycles. The molecule has 0 aliphatic carbocycles. The highest BCUT2D eigenvalue weighted by Gasteiger charge is 2.18. The zero-order valence-corrected chi connectivity index (χ0v) is 13.8. The van der Waals surface area contributed by atoms with Crippen LogP contribution in [0.15, 0.2) is 30.6 Å². The Labute approximate surface area is 137 Å². The number of pyridine rings is 1. The van der Waals surface area contributed by atoms with Gasteiger partial charge in [0.1, 0.15) is 12.1 Å². The normalized spacial score (nSPS) is 15.7. The molecule has 0 bridgehead atoms. The van der Waals surface area contributed by atoms with Crippen LogP contribution in [0.2, 0.25) is 0 Å². The van der Waals surface area contributed by atoms with Gasteiger partial charge in [-0.2, -0.15) is 0 Å². The van der Waals surface area contributed by atoms with E-state index in [4.69, 9.17) is 4.74 Å². The van der Waals surface area contributed by atoms with Crippen LogP contribution in [0, 0.1) is 6.92 Å². The Hall–Kier alpha value is -2.21. The minimum Gasteiger partial charge on any atom is -0.481 e. The molecule has 122 valence electrons. The maximum Gasteiger partial charge on any atom is 0.218 e. The Morgan fingerprint density at radius 1 is 1.13 bits per heavy atom. The van der Waals surface area contributed by atoms with Crippen molar-refractivity contribution >= 4 is 5.82 Å². The maximum absolute atomic E-state index is 5.17. The van der Waals surface area contributed by atoms with Crippen LogP contribution in [0.5, 0.6) is 5.88 Å². The van der Waals surface area contributed by atoms with Crippen molar-refractivity contribution in [2.24, 2.45) is 0 Å². The zero-order valence-electron chi connectivity index (χ0n) is 13.8. The highest BCUT2D eigenvalue weighted by atomic mass is 16.5. The van der Waals surface area contributed by atoms with Gasteiger partial charge in [0.25, 0.3) is 0 Å². The summed E-state index contributed by atoms with van der Waals surface area (Å²) in [5.74, 6) is 1.56. The standard InChI is InChI=1S/C17H23N5O/c1-14-4-3-5-15(20-14)6-7-21-8-10-22(11-9-21)16-12-17(23-2)19-13-18-16/h3-5,12-13H,6-11H2,1-2H3. The summed E-state index contributed by atoms with van der Waals surface area (Å²) in [4.78, 5) is 17.7. The summed E-state index contributed by atoms with van der Waals surface area (Å²) in [5.41, 5.74) is 2.26. The fraction of sp³-hybridized carbons (Fsp3) is 0.471. The molecule has 1 saturated heterocycles. The first-order valence-electron chi connectivity index (χ1n) is 8.00. The van der Waals surface area contributed by atoms with Crippen LogP contribution >= 0.6 is 0 Å². The van der Waals surface area contributed by atoms with E-state index in [0.29, 0.717) is 5.88 Å². The Morgan fingerprint density at radius 3 is 2.70 bits per heavy atom. The third-order valence-corrected chi connectivity index (χ3v) is 4.16. The molecule has 0 radical (unpaired) electrons. The van der Waals surface area contributed by atoms with Crippen molar-refractivity contribution < 1.29 is 4.74 Å². The second-order valence-corrected chi connectivity index (χ2v) is 5.77. The van der Waals surface area contributed by atoms with Crippen molar-refractivity contribution in [1.82, 2.24) is 19.9 Å². The molecule has 0 atom stereocenters. The van der Waals surface area contributed by atoms with E-state index < -0.39 is 0 Å². The average Bonchev–Trinajstić information content (AvgIpc) is 2.60. The Bertz CT molecular complexity index is 640. The van der Waals surface area contributed by atoms with E-state index in [0.717, 1.165) is 50.7 Å². The molecule has 0 aromatic carbocycles. The van der Waals surface area contributed by atoms with Crippen LogP contribution in [0.1, 0.15) is 11.4 Å². The highest BCUT2D eigenvalue weighted by Crippen LogP contribution is 2.17. The fourth-order valence-corrected chi connectivity index (χ4v) is 2.83. The van der Waals surface area contributed by atoms with Crippen molar-refractivity contribution in [3.05, 3.63) is 42.0 Å². The number of anilines is 1. The first-order valence-corrected chi connectivity index (χ1v) is 8.00. The summed E-state index contributed by atoms with van der Waals surface area (Å²) >= 11 is 0. The zero-order chi connectivity index (χ0) is 16.1. The number of nitrogens with zero attached hydrogens (tertiary/aromatic N) is 5. The van der Waals surface area contributed by atoms with Crippen molar-refractivity contribution in [3.8, 4) is 5.88 Å². The number of ether oxygens (including phenoxy) is 1. The Kier molecular flexibility index (Phi) is 5.02. The monoisotopic (exact) mass is 313 g/mol. The quantitative estimate of drug-likeness (QED) is 0.835. The number of rotatable bonds is 5. The number of piperazine rings is 1. The van der Waals surface area contributed by atoms with Crippen LogP contribution in [-0.4, -0.2) is 59.7 Å². The van der Waals surface area contributed by atoms with Gasteiger partial charge in [-0.3, -0.25) is 9.88 Å². The summed E-state index contributed by atoms with van der Waals surface area (Å²) in [6, 6.07) is 8.12. The summed E-state index contributed by atoms with van der Waals surface area (Å²) in [5, 5.41) is 0. The van der Waals surface area contributed by atoms with Gasteiger partial charge in [0.15, 0.2) is 0 Å². The molecule has 1 fully saturated rings. The Morgan fingerprint density at radius 2 is 1.96 bits per heavy atom.